The van der Waals surface area contributed by atoms with Crippen LogP contribution in [-0.4, -0.2) is 18.6 Å². The number of hydrogen-bond donors (Lipinski definition) is 1. The van der Waals surface area contributed by atoms with Crippen molar-refractivity contribution in [2.24, 2.45) is 0 Å². The maximum atomic E-state index is 12.7. The number of alkyl halides is 6. The number of esters is 1. The van der Waals surface area contributed by atoms with Gasteiger partial charge in [-0.2, -0.15) is 26.3 Å². The molecule has 0 saturated heterocycles. The zero-order valence-electron chi connectivity index (χ0n) is 12.5. The molecule has 9 heteroatoms. The van der Waals surface area contributed by atoms with Gasteiger partial charge in [0.05, 0.1) is 18.2 Å². The van der Waals surface area contributed by atoms with Crippen molar-refractivity contribution in [1.29, 1.82) is 0 Å². The van der Waals surface area contributed by atoms with E-state index in [0.29, 0.717) is 12.1 Å². The van der Waals surface area contributed by atoms with Crippen molar-refractivity contribution in [2.45, 2.75) is 38.3 Å². The molecule has 0 heterocycles. The molecule has 1 rings (SSSR count). The first kappa shape index (κ1) is 19.3. The molecule has 3 nitrogen and oxygen atoms in total. The molecular formula is C14H15F6NO2. The van der Waals surface area contributed by atoms with E-state index in [0.717, 1.165) is 7.11 Å². The van der Waals surface area contributed by atoms with Gasteiger partial charge in [0.2, 0.25) is 0 Å². The third-order valence-corrected chi connectivity index (χ3v) is 3.08. The Morgan fingerprint density at radius 3 is 1.78 bits per heavy atom. The van der Waals surface area contributed by atoms with E-state index in [1.54, 1.807) is 0 Å². The van der Waals surface area contributed by atoms with Gasteiger partial charge in [-0.25, -0.2) is 0 Å². The Morgan fingerprint density at radius 2 is 1.43 bits per heavy atom. The summed E-state index contributed by atoms with van der Waals surface area (Å²) in [6, 6.07) is 1.26. The number of hydrogen-bond acceptors (Lipinski definition) is 3. The van der Waals surface area contributed by atoms with Gasteiger partial charge < -0.3 is 4.74 Å². The minimum absolute atomic E-state index is 0.0505. The lowest BCUT2D eigenvalue weighted by Gasteiger charge is -2.23. The number of halogens is 6. The third-order valence-electron chi connectivity index (χ3n) is 3.08. The zero-order valence-corrected chi connectivity index (χ0v) is 12.5. The highest BCUT2D eigenvalue weighted by Crippen LogP contribution is 2.36. The second kappa shape index (κ2) is 6.38. The van der Waals surface area contributed by atoms with Crippen LogP contribution < -0.4 is 5.32 Å². The first-order chi connectivity index (χ1) is 10.3. The maximum absolute atomic E-state index is 12.7. The molecule has 1 N–H and O–H groups in total. The lowest BCUT2D eigenvalue weighted by atomic mass is 10.0. The van der Waals surface area contributed by atoms with Gasteiger partial charge in [-0.15, -0.1) is 0 Å². The molecule has 0 saturated carbocycles. The summed E-state index contributed by atoms with van der Waals surface area (Å²) < 4.78 is 80.9. The van der Waals surface area contributed by atoms with Crippen LogP contribution in [0, 0.1) is 0 Å². The van der Waals surface area contributed by atoms with Gasteiger partial charge in [0.25, 0.3) is 0 Å². The maximum Gasteiger partial charge on any atom is 0.416 e. The summed E-state index contributed by atoms with van der Waals surface area (Å²) in [6.45, 7) is 2.43. The predicted octanol–water partition coefficient (Wildman–Crippen LogP) is 3.77. The fraction of sp³-hybridized carbons (Fsp3) is 0.500. The van der Waals surface area contributed by atoms with Gasteiger partial charge in [0, 0.05) is 6.54 Å². The van der Waals surface area contributed by atoms with Gasteiger partial charge in [0.1, 0.15) is 5.54 Å². The Labute approximate surface area is 128 Å². The number of rotatable bonds is 4. The summed E-state index contributed by atoms with van der Waals surface area (Å²) in [4.78, 5) is 11.5. The number of carbonyl (C=O) groups excluding carboxylic acids is 1. The van der Waals surface area contributed by atoms with Crippen LogP contribution in [0.25, 0.3) is 0 Å². The fourth-order valence-corrected chi connectivity index (χ4v) is 1.77. The van der Waals surface area contributed by atoms with E-state index in [2.05, 4.69) is 10.1 Å². The second-order valence-corrected chi connectivity index (χ2v) is 5.38. The molecule has 0 aliphatic rings. The molecule has 1 aromatic rings. The molecule has 0 aliphatic heterocycles. The average molecular weight is 343 g/mol. The van der Waals surface area contributed by atoms with Crippen molar-refractivity contribution in [2.75, 3.05) is 7.11 Å². The van der Waals surface area contributed by atoms with Gasteiger partial charge in [-0.1, -0.05) is 0 Å². The van der Waals surface area contributed by atoms with Crippen molar-refractivity contribution in [3.05, 3.63) is 34.9 Å². The molecule has 0 aromatic heterocycles. The molecule has 0 amide bonds. The summed E-state index contributed by atoms with van der Waals surface area (Å²) in [5.74, 6) is -0.694. The summed E-state index contributed by atoms with van der Waals surface area (Å²) >= 11 is 0. The first-order valence-electron chi connectivity index (χ1n) is 6.39. The number of benzene rings is 1. The summed E-state index contributed by atoms with van der Waals surface area (Å²) in [5, 5.41) is 2.57. The molecule has 0 bridgehead atoms. The minimum atomic E-state index is -4.91. The standard InChI is InChI=1S/C14H15F6NO2/c1-12(2,11(22)23-3)21-7-8-4-9(13(15,16)17)6-10(5-8)14(18,19)20/h4-6,21H,7H2,1-3H3. The summed E-state index contributed by atoms with van der Waals surface area (Å²) in [7, 11) is 1.12. The number of ether oxygens (including phenoxy) is 1. The van der Waals surface area contributed by atoms with Crippen LogP contribution in [0.3, 0.4) is 0 Å². The third kappa shape index (κ3) is 5.12. The van der Waals surface area contributed by atoms with E-state index in [1.807, 2.05) is 0 Å². The molecule has 0 radical (unpaired) electrons. The smallest absolute Gasteiger partial charge is 0.416 e. The van der Waals surface area contributed by atoms with Crippen LogP contribution in [0.4, 0.5) is 26.3 Å². The van der Waals surface area contributed by atoms with Crippen molar-refractivity contribution >= 4 is 5.97 Å². The second-order valence-electron chi connectivity index (χ2n) is 5.38. The normalized spacial score (nSPS) is 13.1. The van der Waals surface area contributed by atoms with Crippen molar-refractivity contribution < 1.29 is 35.9 Å². The Hall–Kier alpha value is -1.77. The van der Waals surface area contributed by atoms with E-state index in [9.17, 15) is 31.1 Å². The lowest BCUT2D eigenvalue weighted by molar-refractivity contribution is -0.147. The number of methoxy groups -OCH3 is 1. The molecule has 0 fully saturated rings. The number of nitrogens with one attached hydrogen (secondary N) is 1. The molecule has 0 unspecified atom stereocenters. The Kier molecular flexibility index (Phi) is 5.35. The lowest BCUT2D eigenvalue weighted by Crippen LogP contribution is -2.47. The quantitative estimate of drug-likeness (QED) is 0.668. The van der Waals surface area contributed by atoms with Crippen LogP contribution in [0.5, 0.6) is 0 Å². The van der Waals surface area contributed by atoms with Crippen molar-refractivity contribution in [3.63, 3.8) is 0 Å². The van der Waals surface area contributed by atoms with E-state index >= 15 is 0 Å². The molecule has 0 spiro atoms. The van der Waals surface area contributed by atoms with Gasteiger partial charge in [-0.3, -0.25) is 10.1 Å². The SMILES string of the molecule is COC(=O)C(C)(C)NCc1cc(C(F)(F)F)cc(C(F)(F)F)c1. The van der Waals surface area contributed by atoms with Gasteiger partial charge in [0.15, 0.2) is 0 Å². The van der Waals surface area contributed by atoms with Crippen LogP contribution in [-0.2, 0) is 28.4 Å². The van der Waals surface area contributed by atoms with Crippen LogP contribution >= 0.6 is 0 Å². The van der Waals surface area contributed by atoms with Crippen LogP contribution in [0.1, 0.15) is 30.5 Å². The highest BCUT2D eigenvalue weighted by atomic mass is 19.4. The summed E-state index contributed by atoms with van der Waals surface area (Å²) in [5.41, 5.74) is -4.31. The van der Waals surface area contributed by atoms with E-state index in [-0.39, 0.29) is 18.2 Å². The predicted molar refractivity (Wildman–Crippen MR) is 69.4 cm³/mol. The van der Waals surface area contributed by atoms with Gasteiger partial charge in [-0.05, 0) is 37.6 Å². The molecule has 0 atom stereocenters. The summed E-state index contributed by atoms with van der Waals surface area (Å²) in [6.07, 6.45) is -9.82. The molecule has 0 aliphatic carbocycles. The largest absolute Gasteiger partial charge is 0.468 e. The van der Waals surface area contributed by atoms with Crippen molar-refractivity contribution in [3.8, 4) is 0 Å². The highest BCUT2D eigenvalue weighted by Gasteiger charge is 2.37. The van der Waals surface area contributed by atoms with Crippen LogP contribution in [0.2, 0.25) is 0 Å². The first-order valence-corrected chi connectivity index (χ1v) is 6.39. The Morgan fingerprint density at radius 1 is 1.00 bits per heavy atom. The molecule has 23 heavy (non-hydrogen) atoms. The molecule has 1 aromatic carbocycles. The molecule has 130 valence electrons. The number of carbonyl (C=O) groups is 1. The minimum Gasteiger partial charge on any atom is -0.468 e. The van der Waals surface area contributed by atoms with Crippen LogP contribution in [0.15, 0.2) is 18.2 Å². The van der Waals surface area contributed by atoms with E-state index < -0.39 is 35.0 Å². The topological polar surface area (TPSA) is 38.3 Å². The Balaban J connectivity index is 3.14. The highest BCUT2D eigenvalue weighted by molar-refractivity contribution is 5.79. The van der Waals surface area contributed by atoms with E-state index in [1.165, 1.54) is 13.8 Å². The van der Waals surface area contributed by atoms with E-state index in [4.69, 9.17) is 0 Å². The Bertz CT molecular complexity index is 545. The van der Waals surface area contributed by atoms with Crippen molar-refractivity contribution in [1.82, 2.24) is 5.32 Å². The zero-order chi connectivity index (χ0) is 18.1. The fourth-order valence-electron chi connectivity index (χ4n) is 1.77. The monoisotopic (exact) mass is 343 g/mol. The van der Waals surface area contributed by atoms with Gasteiger partial charge >= 0.3 is 18.3 Å². The average Bonchev–Trinajstić information content (AvgIpc) is 2.42. The molecular weight excluding hydrogens is 328 g/mol.